The van der Waals surface area contributed by atoms with Gasteiger partial charge >= 0.3 is 6.18 Å². The SMILES string of the molecule is C[C@](O)(c1ccc(C(=O)NC2CCN(CC3(C(N)=O)CCC3)CC2)cc1)C(F)(F)F. The fourth-order valence-corrected chi connectivity index (χ4v) is 4.13. The van der Waals surface area contributed by atoms with Crippen LogP contribution in [-0.2, 0) is 10.4 Å². The molecule has 0 bridgehead atoms. The van der Waals surface area contributed by atoms with E-state index in [0.29, 0.717) is 13.5 Å². The van der Waals surface area contributed by atoms with Crippen LogP contribution in [0.5, 0.6) is 0 Å². The van der Waals surface area contributed by atoms with Crippen molar-refractivity contribution in [3.63, 3.8) is 0 Å². The fraction of sp³-hybridized carbons (Fsp3) is 0.619. The van der Waals surface area contributed by atoms with Crippen molar-refractivity contribution < 1.29 is 27.9 Å². The zero-order valence-electron chi connectivity index (χ0n) is 17.0. The van der Waals surface area contributed by atoms with E-state index >= 15 is 0 Å². The number of carbonyl (C=O) groups excluding carboxylic acids is 2. The molecule has 1 aliphatic heterocycles. The standard InChI is InChI=1S/C21H28F3N3O3/c1-19(30,21(22,23)24)15-5-3-14(4-6-15)17(28)26-16-7-11-27(12-8-16)13-20(18(25)29)9-2-10-20/h3-6,16,30H,2,7-13H2,1H3,(H2,25,29)(H,26,28)/t19-/m0/s1. The summed E-state index contributed by atoms with van der Waals surface area (Å²) in [6.07, 6.45) is -0.681. The van der Waals surface area contributed by atoms with Crippen LogP contribution >= 0.6 is 0 Å². The van der Waals surface area contributed by atoms with Gasteiger partial charge in [0.25, 0.3) is 5.91 Å². The molecule has 2 amide bonds. The normalized spacial score (nSPS) is 22.0. The Morgan fingerprint density at radius 1 is 1.20 bits per heavy atom. The van der Waals surface area contributed by atoms with Crippen LogP contribution < -0.4 is 11.1 Å². The monoisotopic (exact) mass is 427 g/mol. The molecule has 4 N–H and O–H groups in total. The zero-order valence-corrected chi connectivity index (χ0v) is 17.0. The average Bonchev–Trinajstić information content (AvgIpc) is 2.65. The number of likely N-dealkylation sites (tertiary alicyclic amines) is 1. The largest absolute Gasteiger partial charge is 0.421 e. The lowest BCUT2D eigenvalue weighted by atomic mass is 9.67. The predicted molar refractivity (Wildman–Crippen MR) is 104 cm³/mol. The molecule has 0 radical (unpaired) electrons. The van der Waals surface area contributed by atoms with Gasteiger partial charge in [-0.05, 0) is 50.3 Å². The number of carbonyl (C=O) groups is 2. The first-order valence-electron chi connectivity index (χ1n) is 10.2. The number of nitrogens with two attached hydrogens (primary N) is 1. The number of hydrogen-bond donors (Lipinski definition) is 3. The van der Waals surface area contributed by atoms with Crippen molar-refractivity contribution >= 4 is 11.8 Å². The average molecular weight is 427 g/mol. The first-order chi connectivity index (χ1) is 13.9. The van der Waals surface area contributed by atoms with Crippen molar-refractivity contribution in [3.8, 4) is 0 Å². The molecule has 1 saturated heterocycles. The van der Waals surface area contributed by atoms with Gasteiger partial charge in [0.2, 0.25) is 5.91 Å². The van der Waals surface area contributed by atoms with E-state index in [1.807, 2.05) is 0 Å². The van der Waals surface area contributed by atoms with Crippen molar-refractivity contribution in [2.75, 3.05) is 19.6 Å². The van der Waals surface area contributed by atoms with E-state index in [0.717, 1.165) is 57.3 Å². The highest BCUT2D eigenvalue weighted by Crippen LogP contribution is 2.41. The van der Waals surface area contributed by atoms with Gasteiger partial charge in [-0.25, -0.2) is 0 Å². The number of nitrogens with zero attached hydrogens (tertiary/aromatic N) is 1. The van der Waals surface area contributed by atoms with Gasteiger partial charge in [0.05, 0.1) is 5.41 Å². The van der Waals surface area contributed by atoms with Crippen molar-refractivity contribution in [1.29, 1.82) is 0 Å². The Kier molecular flexibility index (Phi) is 6.15. The molecular formula is C21H28F3N3O3. The number of halogens is 3. The van der Waals surface area contributed by atoms with Gasteiger partial charge < -0.3 is 21.1 Å². The lowest BCUT2D eigenvalue weighted by molar-refractivity contribution is -0.258. The van der Waals surface area contributed by atoms with Crippen LogP contribution in [0.15, 0.2) is 24.3 Å². The Labute approximate surface area is 173 Å². The van der Waals surface area contributed by atoms with Crippen molar-refractivity contribution in [2.24, 2.45) is 11.1 Å². The Morgan fingerprint density at radius 3 is 2.20 bits per heavy atom. The second-order valence-electron chi connectivity index (χ2n) is 8.67. The number of hydrogen-bond acceptors (Lipinski definition) is 4. The summed E-state index contributed by atoms with van der Waals surface area (Å²) in [4.78, 5) is 26.4. The minimum absolute atomic E-state index is 0.0439. The molecule has 1 saturated carbocycles. The molecule has 3 rings (SSSR count). The Hall–Kier alpha value is -2.13. The predicted octanol–water partition coefficient (Wildman–Crippen LogP) is 2.31. The van der Waals surface area contributed by atoms with Gasteiger partial charge in [-0.2, -0.15) is 13.2 Å². The second kappa shape index (κ2) is 8.19. The van der Waals surface area contributed by atoms with Gasteiger partial charge in [0.15, 0.2) is 5.60 Å². The van der Waals surface area contributed by atoms with Gasteiger partial charge in [-0.1, -0.05) is 18.6 Å². The Morgan fingerprint density at radius 2 is 1.77 bits per heavy atom. The van der Waals surface area contributed by atoms with Crippen LogP contribution in [0.3, 0.4) is 0 Å². The van der Waals surface area contributed by atoms with E-state index in [9.17, 15) is 27.9 Å². The fourth-order valence-electron chi connectivity index (χ4n) is 4.13. The molecule has 6 nitrogen and oxygen atoms in total. The quantitative estimate of drug-likeness (QED) is 0.649. The summed E-state index contributed by atoms with van der Waals surface area (Å²) >= 11 is 0. The zero-order chi connectivity index (χ0) is 22.2. The molecule has 1 atom stereocenters. The van der Waals surface area contributed by atoms with E-state index in [4.69, 9.17) is 5.73 Å². The highest BCUT2D eigenvalue weighted by Gasteiger charge is 2.51. The first-order valence-corrected chi connectivity index (χ1v) is 10.2. The molecule has 1 heterocycles. The summed E-state index contributed by atoms with van der Waals surface area (Å²) in [5, 5.41) is 12.6. The van der Waals surface area contributed by atoms with E-state index in [-0.39, 0.29) is 29.0 Å². The molecule has 1 aliphatic carbocycles. The molecular weight excluding hydrogens is 399 g/mol. The summed E-state index contributed by atoms with van der Waals surface area (Å²) in [5.74, 6) is -0.601. The van der Waals surface area contributed by atoms with Crippen LogP contribution in [0.4, 0.5) is 13.2 Å². The maximum atomic E-state index is 12.9. The molecule has 2 fully saturated rings. The highest BCUT2D eigenvalue weighted by atomic mass is 19.4. The molecule has 0 spiro atoms. The number of nitrogens with one attached hydrogen (secondary N) is 1. The van der Waals surface area contributed by atoms with Crippen LogP contribution in [0.1, 0.15) is 54.9 Å². The molecule has 0 unspecified atom stereocenters. The van der Waals surface area contributed by atoms with Crippen LogP contribution in [0.25, 0.3) is 0 Å². The Bertz CT molecular complexity index is 781. The lowest BCUT2D eigenvalue weighted by Gasteiger charge is -2.44. The van der Waals surface area contributed by atoms with E-state index in [1.165, 1.54) is 12.1 Å². The van der Waals surface area contributed by atoms with E-state index in [1.54, 1.807) is 0 Å². The topological polar surface area (TPSA) is 95.7 Å². The molecule has 166 valence electrons. The molecule has 2 aliphatic rings. The summed E-state index contributed by atoms with van der Waals surface area (Å²) in [7, 11) is 0. The third kappa shape index (κ3) is 4.46. The van der Waals surface area contributed by atoms with Gasteiger partial charge in [-0.3, -0.25) is 9.59 Å². The third-order valence-electron chi connectivity index (χ3n) is 6.54. The first kappa shape index (κ1) is 22.6. The number of rotatable bonds is 6. The smallest absolute Gasteiger partial charge is 0.376 e. The number of alkyl halides is 3. The van der Waals surface area contributed by atoms with Crippen molar-refractivity contribution in [1.82, 2.24) is 10.2 Å². The molecule has 0 aromatic heterocycles. The molecule has 1 aromatic rings. The Balaban J connectivity index is 1.52. The summed E-state index contributed by atoms with van der Waals surface area (Å²) in [5.41, 5.74) is 2.10. The van der Waals surface area contributed by atoms with E-state index in [2.05, 4.69) is 10.2 Å². The lowest BCUT2D eigenvalue weighted by Crippen LogP contribution is -2.53. The van der Waals surface area contributed by atoms with Gasteiger partial charge in [-0.15, -0.1) is 0 Å². The second-order valence-corrected chi connectivity index (χ2v) is 8.67. The number of aliphatic hydroxyl groups is 1. The highest BCUT2D eigenvalue weighted by molar-refractivity contribution is 5.94. The third-order valence-corrected chi connectivity index (χ3v) is 6.54. The van der Waals surface area contributed by atoms with Crippen LogP contribution in [0.2, 0.25) is 0 Å². The minimum Gasteiger partial charge on any atom is -0.376 e. The molecule has 9 heteroatoms. The summed E-state index contributed by atoms with van der Waals surface area (Å²) in [6, 6.07) is 4.76. The van der Waals surface area contributed by atoms with Gasteiger partial charge in [0.1, 0.15) is 0 Å². The number of primary amides is 1. The van der Waals surface area contributed by atoms with Crippen molar-refractivity contribution in [3.05, 3.63) is 35.4 Å². The number of benzene rings is 1. The maximum absolute atomic E-state index is 12.9. The molecule has 30 heavy (non-hydrogen) atoms. The van der Waals surface area contributed by atoms with E-state index < -0.39 is 17.2 Å². The van der Waals surface area contributed by atoms with Gasteiger partial charge in [0, 0.05) is 31.2 Å². The minimum atomic E-state index is -4.81. The molecule has 1 aromatic carbocycles. The van der Waals surface area contributed by atoms with Crippen molar-refractivity contribution in [2.45, 2.75) is 56.8 Å². The number of piperidine rings is 1. The summed E-state index contributed by atoms with van der Waals surface area (Å²) < 4.78 is 38.8. The number of amides is 2. The van der Waals surface area contributed by atoms with Crippen LogP contribution in [-0.4, -0.2) is 53.7 Å². The maximum Gasteiger partial charge on any atom is 0.421 e. The van der Waals surface area contributed by atoms with Crippen LogP contribution in [0, 0.1) is 5.41 Å². The summed E-state index contributed by atoms with van der Waals surface area (Å²) in [6.45, 7) is 2.83.